The first-order chi connectivity index (χ1) is 8.70. The highest BCUT2D eigenvalue weighted by atomic mass is 16.1. The number of carbonyl (C=O) groups is 1. The van der Waals surface area contributed by atoms with Crippen LogP contribution in [0.2, 0.25) is 0 Å². The predicted octanol–water partition coefficient (Wildman–Crippen LogP) is 1.60. The van der Waals surface area contributed by atoms with Gasteiger partial charge in [-0.15, -0.1) is 0 Å². The van der Waals surface area contributed by atoms with Crippen molar-refractivity contribution in [3.05, 3.63) is 29.6 Å². The molecule has 1 aliphatic rings. The molecule has 2 rings (SSSR count). The van der Waals surface area contributed by atoms with Crippen molar-refractivity contribution in [3.63, 3.8) is 0 Å². The first kappa shape index (κ1) is 13.0. The fourth-order valence-corrected chi connectivity index (χ4v) is 2.46. The first-order valence-corrected chi connectivity index (χ1v) is 6.65. The van der Waals surface area contributed by atoms with Gasteiger partial charge < -0.3 is 5.32 Å². The molecule has 1 fully saturated rings. The van der Waals surface area contributed by atoms with Crippen LogP contribution in [0.1, 0.15) is 35.8 Å². The lowest BCUT2D eigenvalue weighted by Crippen LogP contribution is -2.40. The lowest BCUT2D eigenvalue weighted by atomic mass is 10.2. The maximum atomic E-state index is 11.9. The second-order valence-electron chi connectivity index (χ2n) is 4.82. The summed E-state index contributed by atoms with van der Waals surface area (Å²) < 4.78 is 0. The Morgan fingerprint density at radius 1 is 1.56 bits per heavy atom. The van der Waals surface area contributed by atoms with Crippen molar-refractivity contribution >= 4 is 5.91 Å². The number of likely N-dealkylation sites (tertiary alicyclic amines) is 1. The van der Waals surface area contributed by atoms with E-state index in [1.165, 1.54) is 12.8 Å². The third-order valence-corrected chi connectivity index (χ3v) is 3.58. The Morgan fingerprint density at radius 3 is 3.06 bits per heavy atom. The van der Waals surface area contributed by atoms with Crippen LogP contribution in [0.25, 0.3) is 0 Å². The number of pyridine rings is 1. The summed E-state index contributed by atoms with van der Waals surface area (Å²) in [5.74, 6) is -0.0227. The van der Waals surface area contributed by atoms with Crippen molar-refractivity contribution in [2.24, 2.45) is 0 Å². The Hall–Kier alpha value is -1.42. The number of nitrogens with one attached hydrogen (secondary N) is 1. The molecule has 2 heterocycles. The van der Waals surface area contributed by atoms with Gasteiger partial charge in [-0.2, -0.15) is 0 Å². The van der Waals surface area contributed by atoms with Crippen LogP contribution in [-0.4, -0.2) is 41.5 Å². The number of amides is 1. The van der Waals surface area contributed by atoms with Crippen LogP contribution in [0.5, 0.6) is 0 Å². The van der Waals surface area contributed by atoms with Crippen LogP contribution in [0.3, 0.4) is 0 Å². The van der Waals surface area contributed by atoms with Crippen LogP contribution in [0, 0.1) is 6.92 Å². The van der Waals surface area contributed by atoms with Crippen LogP contribution in [0.15, 0.2) is 18.3 Å². The zero-order valence-corrected chi connectivity index (χ0v) is 11.1. The molecule has 18 heavy (non-hydrogen) atoms. The summed E-state index contributed by atoms with van der Waals surface area (Å²) in [5.41, 5.74) is 1.57. The normalized spacial score (nSPS) is 20.0. The molecule has 1 aromatic rings. The van der Waals surface area contributed by atoms with Gasteiger partial charge in [0.25, 0.3) is 5.91 Å². The third kappa shape index (κ3) is 3.07. The molecule has 1 N–H and O–H groups in total. The number of likely N-dealkylation sites (N-methyl/N-ethyl adjacent to an activating group) is 1. The van der Waals surface area contributed by atoms with Crippen molar-refractivity contribution in [1.82, 2.24) is 15.2 Å². The van der Waals surface area contributed by atoms with Gasteiger partial charge in [-0.25, -0.2) is 0 Å². The van der Waals surface area contributed by atoms with Crippen LogP contribution >= 0.6 is 0 Å². The van der Waals surface area contributed by atoms with Gasteiger partial charge >= 0.3 is 0 Å². The molecule has 1 aliphatic heterocycles. The van der Waals surface area contributed by atoms with Crippen LogP contribution in [-0.2, 0) is 0 Å². The Morgan fingerprint density at radius 2 is 2.39 bits per heavy atom. The lowest BCUT2D eigenvalue weighted by Gasteiger charge is -2.22. The number of rotatable bonds is 4. The molecule has 0 radical (unpaired) electrons. The van der Waals surface area contributed by atoms with Crippen LogP contribution in [0.4, 0.5) is 0 Å². The smallest absolute Gasteiger partial charge is 0.252 e. The highest BCUT2D eigenvalue weighted by molar-refractivity contribution is 5.93. The maximum absolute atomic E-state index is 11.9. The van der Waals surface area contributed by atoms with Gasteiger partial charge in [-0.05, 0) is 45.0 Å². The number of carbonyl (C=O) groups excluding carboxylic acids is 1. The molecule has 0 spiro atoms. The van der Waals surface area contributed by atoms with E-state index in [9.17, 15) is 4.79 Å². The van der Waals surface area contributed by atoms with Gasteiger partial charge in [-0.3, -0.25) is 14.7 Å². The second kappa shape index (κ2) is 5.96. The summed E-state index contributed by atoms with van der Waals surface area (Å²) in [6.07, 6.45) is 4.05. The largest absolute Gasteiger partial charge is 0.350 e. The average Bonchev–Trinajstić information content (AvgIpc) is 2.84. The van der Waals surface area contributed by atoms with E-state index in [0.717, 1.165) is 25.3 Å². The molecule has 1 saturated heterocycles. The fourth-order valence-electron chi connectivity index (χ4n) is 2.46. The molecule has 1 atom stereocenters. The summed E-state index contributed by atoms with van der Waals surface area (Å²) in [6, 6.07) is 4.18. The molecule has 1 amide bonds. The molecule has 98 valence electrons. The number of hydrogen-bond acceptors (Lipinski definition) is 3. The number of nitrogens with zero attached hydrogens (tertiary/aromatic N) is 2. The van der Waals surface area contributed by atoms with Crippen molar-refractivity contribution in [1.29, 1.82) is 0 Å². The van der Waals surface area contributed by atoms with E-state index in [1.807, 2.05) is 19.1 Å². The summed E-state index contributed by atoms with van der Waals surface area (Å²) in [4.78, 5) is 18.5. The third-order valence-electron chi connectivity index (χ3n) is 3.58. The molecule has 4 nitrogen and oxygen atoms in total. The molecule has 0 aromatic carbocycles. The van der Waals surface area contributed by atoms with E-state index < -0.39 is 0 Å². The molecule has 1 aromatic heterocycles. The average molecular weight is 247 g/mol. The predicted molar refractivity (Wildman–Crippen MR) is 71.6 cm³/mol. The Bertz CT molecular complexity index is 402. The SMILES string of the molecule is CCN1CCCC1CNC(=O)c1ccc(C)nc1. The Labute approximate surface area is 108 Å². The quantitative estimate of drug-likeness (QED) is 0.879. The molecular formula is C14H21N3O. The van der Waals surface area contributed by atoms with Crippen LogP contribution < -0.4 is 5.32 Å². The summed E-state index contributed by atoms with van der Waals surface area (Å²) in [6.45, 7) is 7.04. The van der Waals surface area contributed by atoms with Gasteiger partial charge in [0.2, 0.25) is 0 Å². The topological polar surface area (TPSA) is 45.2 Å². The van der Waals surface area contributed by atoms with Gasteiger partial charge in [0.05, 0.1) is 5.56 Å². The zero-order valence-electron chi connectivity index (χ0n) is 11.1. The summed E-state index contributed by atoms with van der Waals surface area (Å²) in [5, 5.41) is 3.00. The minimum atomic E-state index is -0.0227. The van der Waals surface area contributed by atoms with Crippen molar-refractivity contribution in [3.8, 4) is 0 Å². The molecule has 0 saturated carbocycles. The minimum absolute atomic E-state index is 0.0227. The minimum Gasteiger partial charge on any atom is -0.350 e. The van der Waals surface area contributed by atoms with E-state index in [1.54, 1.807) is 6.20 Å². The van der Waals surface area contributed by atoms with Gasteiger partial charge in [-0.1, -0.05) is 6.92 Å². The lowest BCUT2D eigenvalue weighted by molar-refractivity contribution is 0.0941. The maximum Gasteiger partial charge on any atom is 0.252 e. The monoisotopic (exact) mass is 247 g/mol. The van der Waals surface area contributed by atoms with Gasteiger partial charge in [0.1, 0.15) is 0 Å². The molecular weight excluding hydrogens is 226 g/mol. The van der Waals surface area contributed by atoms with Gasteiger partial charge in [0.15, 0.2) is 0 Å². The molecule has 0 bridgehead atoms. The first-order valence-electron chi connectivity index (χ1n) is 6.65. The van der Waals surface area contributed by atoms with E-state index >= 15 is 0 Å². The summed E-state index contributed by atoms with van der Waals surface area (Å²) >= 11 is 0. The number of hydrogen-bond donors (Lipinski definition) is 1. The second-order valence-corrected chi connectivity index (χ2v) is 4.82. The highest BCUT2D eigenvalue weighted by Gasteiger charge is 2.23. The standard InChI is InChI=1S/C14H21N3O/c1-3-17-8-4-5-13(17)10-16-14(18)12-7-6-11(2)15-9-12/h6-7,9,13H,3-5,8,10H2,1-2H3,(H,16,18). The van der Waals surface area contributed by atoms with E-state index in [-0.39, 0.29) is 5.91 Å². The zero-order chi connectivity index (χ0) is 13.0. The van der Waals surface area contributed by atoms with Crippen molar-refractivity contribution in [2.45, 2.75) is 32.7 Å². The number of aryl methyl sites for hydroxylation is 1. The number of aromatic nitrogens is 1. The van der Waals surface area contributed by atoms with Crippen molar-refractivity contribution in [2.75, 3.05) is 19.6 Å². The highest BCUT2D eigenvalue weighted by Crippen LogP contribution is 2.15. The molecule has 4 heteroatoms. The fraction of sp³-hybridized carbons (Fsp3) is 0.571. The molecule has 0 aliphatic carbocycles. The van der Waals surface area contributed by atoms with Gasteiger partial charge in [0, 0.05) is 24.5 Å². The Kier molecular flexibility index (Phi) is 4.31. The summed E-state index contributed by atoms with van der Waals surface area (Å²) in [7, 11) is 0. The Balaban J connectivity index is 1.86. The molecule has 1 unspecified atom stereocenters. The van der Waals surface area contributed by atoms with E-state index in [2.05, 4.69) is 22.1 Å². The van der Waals surface area contributed by atoms with Crippen molar-refractivity contribution < 1.29 is 4.79 Å². The van der Waals surface area contributed by atoms with E-state index in [4.69, 9.17) is 0 Å². The van der Waals surface area contributed by atoms with E-state index in [0.29, 0.717) is 11.6 Å².